The normalized spacial score (nSPS) is 18.4. The molecule has 4 nitrogen and oxygen atoms in total. The van der Waals surface area contributed by atoms with E-state index in [1.54, 1.807) is 17.0 Å². The fraction of sp³-hybridized carbons (Fsp3) is 0.381. The second kappa shape index (κ2) is 9.83. The largest absolute Gasteiger partial charge is 0.338 e. The molecule has 1 amide bonds. The Morgan fingerprint density at radius 3 is 2.70 bits per heavy atom. The number of piperazine rings is 1. The first-order chi connectivity index (χ1) is 12.6. The molecule has 0 radical (unpaired) electrons. The molecule has 1 heterocycles. The molecule has 0 aliphatic carbocycles. The summed E-state index contributed by atoms with van der Waals surface area (Å²) >= 11 is 0. The zero-order valence-electron chi connectivity index (χ0n) is 15.8. The Hall–Kier alpha value is -1.95. The molecule has 0 spiro atoms. The Morgan fingerprint density at radius 2 is 2.00 bits per heavy atom. The fourth-order valence-corrected chi connectivity index (χ4v) is 3.43. The van der Waals surface area contributed by atoms with E-state index in [0.717, 1.165) is 24.2 Å². The molecule has 6 heteroatoms. The van der Waals surface area contributed by atoms with Gasteiger partial charge in [-0.1, -0.05) is 42.5 Å². The first kappa shape index (κ1) is 21.4. The van der Waals surface area contributed by atoms with Crippen molar-refractivity contribution in [2.75, 3.05) is 33.2 Å². The summed E-state index contributed by atoms with van der Waals surface area (Å²) in [4.78, 5) is 16.8. The van der Waals surface area contributed by atoms with Gasteiger partial charge in [-0.3, -0.25) is 9.69 Å². The minimum absolute atomic E-state index is 0. The number of rotatable bonds is 5. The molecule has 146 valence electrons. The van der Waals surface area contributed by atoms with Gasteiger partial charge < -0.3 is 10.2 Å². The Morgan fingerprint density at radius 1 is 1.26 bits per heavy atom. The summed E-state index contributed by atoms with van der Waals surface area (Å²) in [5.41, 5.74) is 2.02. The Kier molecular flexibility index (Phi) is 7.78. The van der Waals surface area contributed by atoms with Gasteiger partial charge in [0, 0.05) is 32.7 Å². The monoisotopic (exact) mass is 391 g/mol. The van der Waals surface area contributed by atoms with Gasteiger partial charge in [-0.05, 0) is 30.2 Å². The van der Waals surface area contributed by atoms with Crippen molar-refractivity contribution < 1.29 is 9.18 Å². The van der Waals surface area contributed by atoms with Crippen molar-refractivity contribution >= 4 is 18.3 Å². The molecule has 3 rings (SSSR count). The molecule has 27 heavy (non-hydrogen) atoms. The number of amides is 1. The number of hydrogen-bond acceptors (Lipinski definition) is 3. The van der Waals surface area contributed by atoms with Crippen molar-refractivity contribution in [3.8, 4) is 0 Å². The van der Waals surface area contributed by atoms with Gasteiger partial charge in [0.15, 0.2) is 0 Å². The molecule has 0 saturated carbocycles. The van der Waals surface area contributed by atoms with E-state index in [0.29, 0.717) is 13.1 Å². The molecule has 1 aliphatic heterocycles. The predicted octanol–water partition coefficient (Wildman–Crippen LogP) is 3.41. The molecular formula is C21H27ClFN3O. The molecule has 2 aromatic rings. The number of nitrogens with zero attached hydrogens (tertiary/aromatic N) is 2. The van der Waals surface area contributed by atoms with E-state index in [4.69, 9.17) is 0 Å². The Labute approximate surface area is 166 Å². The van der Waals surface area contributed by atoms with Gasteiger partial charge in [0.05, 0.1) is 12.6 Å². The van der Waals surface area contributed by atoms with Crippen LogP contribution in [0.15, 0.2) is 54.6 Å². The quantitative estimate of drug-likeness (QED) is 0.848. The van der Waals surface area contributed by atoms with E-state index < -0.39 is 0 Å². The van der Waals surface area contributed by atoms with Crippen LogP contribution in [0, 0.1) is 5.82 Å². The number of benzene rings is 2. The maximum Gasteiger partial charge on any atom is 0.237 e. The SMILES string of the molecule is CC(c1ccccc1)N(C)C(=O)CN1CCNCC1c1cccc(F)c1.Cl. The first-order valence-corrected chi connectivity index (χ1v) is 9.07. The minimum Gasteiger partial charge on any atom is -0.338 e. The molecule has 1 aliphatic rings. The average molecular weight is 392 g/mol. The number of carbonyl (C=O) groups is 1. The summed E-state index contributed by atoms with van der Waals surface area (Å²) in [6, 6.07) is 16.7. The summed E-state index contributed by atoms with van der Waals surface area (Å²) in [5, 5.41) is 3.34. The lowest BCUT2D eigenvalue weighted by Crippen LogP contribution is -2.50. The summed E-state index contributed by atoms with van der Waals surface area (Å²) in [6.45, 7) is 4.68. The fourth-order valence-electron chi connectivity index (χ4n) is 3.43. The van der Waals surface area contributed by atoms with Crippen LogP contribution in [-0.2, 0) is 4.79 Å². The molecule has 0 aromatic heterocycles. The maximum atomic E-state index is 13.6. The van der Waals surface area contributed by atoms with Gasteiger partial charge in [-0.25, -0.2) is 4.39 Å². The average Bonchev–Trinajstić information content (AvgIpc) is 2.68. The van der Waals surface area contributed by atoms with Gasteiger partial charge in [0.25, 0.3) is 0 Å². The highest BCUT2D eigenvalue weighted by Gasteiger charge is 2.28. The summed E-state index contributed by atoms with van der Waals surface area (Å²) in [6.07, 6.45) is 0. The topological polar surface area (TPSA) is 35.6 Å². The van der Waals surface area contributed by atoms with Crippen molar-refractivity contribution in [3.05, 3.63) is 71.5 Å². The molecule has 2 aromatic carbocycles. The summed E-state index contributed by atoms with van der Waals surface area (Å²) < 4.78 is 13.6. The molecule has 0 bridgehead atoms. The van der Waals surface area contributed by atoms with Crippen molar-refractivity contribution in [2.45, 2.75) is 19.0 Å². The molecule has 2 unspecified atom stereocenters. The van der Waals surface area contributed by atoms with Gasteiger partial charge in [-0.15, -0.1) is 12.4 Å². The van der Waals surface area contributed by atoms with Crippen LogP contribution in [0.5, 0.6) is 0 Å². The zero-order chi connectivity index (χ0) is 18.5. The van der Waals surface area contributed by atoms with E-state index in [1.165, 1.54) is 6.07 Å². The first-order valence-electron chi connectivity index (χ1n) is 9.07. The van der Waals surface area contributed by atoms with Crippen molar-refractivity contribution in [2.24, 2.45) is 0 Å². The maximum absolute atomic E-state index is 13.6. The van der Waals surface area contributed by atoms with Crippen LogP contribution in [0.25, 0.3) is 0 Å². The second-order valence-electron chi connectivity index (χ2n) is 6.84. The molecule has 1 fully saturated rings. The molecular weight excluding hydrogens is 365 g/mol. The van der Waals surface area contributed by atoms with Crippen LogP contribution in [0.1, 0.15) is 30.1 Å². The second-order valence-corrected chi connectivity index (χ2v) is 6.84. The lowest BCUT2D eigenvalue weighted by Gasteiger charge is -2.37. The number of carbonyl (C=O) groups excluding carboxylic acids is 1. The van der Waals surface area contributed by atoms with Crippen LogP contribution in [0.3, 0.4) is 0 Å². The Balaban J connectivity index is 0.00000261. The number of likely N-dealkylation sites (N-methyl/N-ethyl adjacent to an activating group) is 1. The lowest BCUT2D eigenvalue weighted by molar-refractivity contribution is -0.133. The lowest BCUT2D eigenvalue weighted by atomic mass is 10.0. The van der Waals surface area contributed by atoms with Crippen molar-refractivity contribution in [1.82, 2.24) is 15.1 Å². The van der Waals surface area contributed by atoms with E-state index in [9.17, 15) is 9.18 Å². The third kappa shape index (κ3) is 5.28. The Bertz CT molecular complexity index is 743. The number of nitrogens with one attached hydrogen (secondary N) is 1. The van der Waals surface area contributed by atoms with Gasteiger partial charge in [0.2, 0.25) is 5.91 Å². The van der Waals surface area contributed by atoms with E-state index in [-0.39, 0.29) is 36.2 Å². The molecule has 2 atom stereocenters. The number of halogens is 2. The van der Waals surface area contributed by atoms with Gasteiger partial charge in [-0.2, -0.15) is 0 Å². The van der Waals surface area contributed by atoms with Crippen LogP contribution in [0.4, 0.5) is 4.39 Å². The van der Waals surface area contributed by atoms with Crippen LogP contribution < -0.4 is 5.32 Å². The highest BCUT2D eigenvalue weighted by atomic mass is 35.5. The minimum atomic E-state index is -0.242. The third-order valence-corrected chi connectivity index (χ3v) is 5.18. The third-order valence-electron chi connectivity index (χ3n) is 5.18. The van der Waals surface area contributed by atoms with Crippen LogP contribution >= 0.6 is 12.4 Å². The molecule has 1 N–H and O–H groups in total. The van der Waals surface area contributed by atoms with Crippen LogP contribution in [0.2, 0.25) is 0 Å². The highest BCUT2D eigenvalue weighted by molar-refractivity contribution is 5.85. The smallest absolute Gasteiger partial charge is 0.237 e. The van der Waals surface area contributed by atoms with Crippen molar-refractivity contribution in [1.29, 1.82) is 0 Å². The predicted molar refractivity (Wildman–Crippen MR) is 108 cm³/mol. The summed E-state index contributed by atoms with van der Waals surface area (Å²) in [5.74, 6) is -0.168. The van der Waals surface area contributed by atoms with Gasteiger partial charge in [0.1, 0.15) is 5.82 Å². The van der Waals surface area contributed by atoms with Gasteiger partial charge >= 0.3 is 0 Å². The van der Waals surface area contributed by atoms with Crippen LogP contribution in [-0.4, -0.2) is 48.9 Å². The highest BCUT2D eigenvalue weighted by Crippen LogP contribution is 2.24. The molecule has 1 saturated heterocycles. The van der Waals surface area contributed by atoms with E-state index in [2.05, 4.69) is 10.2 Å². The standard InChI is InChI=1S/C21H26FN3O.ClH/c1-16(17-7-4-3-5-8-17)24(2)21(26)15-25-12-11-23-14-20(25)18-9-6-10-19(22)13-18;/h3-10,13,16,20,23H,11-12,14-15H2,1-2H3;1H. The zero-order valence-corrected chi connectivity index (χ0v) is 16.6. The van der Waals surface area contributed by atoms with E-state index in [1.807, 2.05) is 50.4 Å². The summed E-state index contributed by atoms with van der Waals surface area (Å²) in [7, 11) is 1.85. The van der Waals surface area contributed by atoms with E-state index >= 15 is 0 Å². The van der Waals surface area contributed by atoms with Crippen molar-refractivity contribution in [3.63, 3.8) is 0 Å². The number of hydrogen-bond donors (Lipinski definition) is 1.